The van der Waals surface area contributed by atoms with E-state index in [4.69, 9.17) is 4.18 Å². The van der Waals surface area contributed by atoms with Gasteiger partial charge in [-0.2, -0.15) is 8.42 Å². The summed E-state index contributed by atoms with van der Waals surface area (Å²) in [6.07, 6.45) is 14.4. The molecule has 27 heavy (non-hydrogen) atoms. The maximum Gasteiger partial charge on any atom is 0.311 e. The second-order valence-electron chi connectivity index (χ2n) is 7.66. The fourth-order valence-electron chi connectivity index (χ4n) is 3.13. The highest BCUT2D eigenvalue weighted by Crippen LogP contribution is 2.26. The van der Waals surface area contributed by atoms with Gasteiger partial charge in [0.15, 0.2) is 0 Å². The summed E-state index contributed by atoms with van der Waals surface area (Å²) < 4.78 is 30.0. The average Bonchev–Trinajstić information content (AvgIpc) is 2.62. The van der Waals surface area contributed by atoms with Crippen LogP contribution in [0.1, 0.15) is 96.5 Å². The van der Waals surface area contributed by atoms with Crippen LogP contribution in [0.4, 0.5) is 0 Å². The minimum atomic E-state index is -3.68. The van der Waals surface area contributed by atoms with Crippen molar-refractivity contribution in [1.82, 2.24) is 0 Å². The monoisotopic (exact) mass is 398 g/mol. The molecule has 1 rings (SSSR count). The van der Waals surface area contributed by atoms with Crippen molar-refractivity contribution in [3.63, 3.8) is 0 Å². The molecule has 0 aliphatic rings. The van der Waals surface area contributed by atoms with Gasteiger partial charge >= 0.3 is 10.1 Å². The highest BCUT2D eigenvalue weighted by molar-refractivity contribution is 7.87. The first kappa shape index (κ1) is 23.8. The number of phenols is 1. The first-order valence-electron chi connectivity index (χ1n) is 10.6. The number of benzene rings is 1. The van der Waals surface area contributed by atoms with Gasteiger partial charge in [0.1, 0.15) is 11.5 Å². The fourth-order valence-corrected chi connectivity index (χ4v) is 4.18. The first-order valence-corrected chi connectivity index (χ1v) is 12.1. The van der Waals surface area contributed by atoms with Crippen molar-refractivity contribution in [1.29, 1.82) is 0 Å². The third-order valence-corrected chi connectivity index (χ3v) is 6.72. The van der Waals surface area contributed by atoms with E-state index in [-0.39, 0.29) is 11.5 Å². The van der Waals surface area contributed by atoms with Crippen LogP contribution in [0.2, 0.25) is 0 Å². The Balaban J connectivity index is 2.18. The summed E-state index contributed by atoms with van der Waals surface area (Å²) in [5.41, 5.74) is 0.693. The summed E-state index contributed by atoms with van der Waals surface area (Å²) in [7, 11) is -3.68. The molecule has 0 spiro atoms. The molecule has 0 aromatic heterocycles. The molecule has 1 aromatic rings. The molecule has 0 saturated carbocycles. The van der Waals surface area contributed by atoms with Crippen LogP contribution in [0.3, 0.4) is 0 Å². The molecule has 0 fully saturated rings. The number of aromatic hydroxyl groups is 1. The Kier molecular flexibility index (Phi) is 11.5. The van der Waals surface area contributed by atoms with E-state index in [1.54, 1.807) is 19.9 Å². The maximum atomic E-state index is 12.4. The standard InChI is InChI=1S/C22H38O4S/c1-4-5-6-7-8-9-10-11-12-13-14-15-20(3)27(24,25)26-22-18-21(23)17-16-19(22)2/h16-18,20,23H,4-15H2,1-3H3. The molecule has 1 unspecified atom stereocenters. The predicted octanol–water partition coefficient (Wildman–Crippen LogP) is 6.50. The maximum absolute atomic E-state index is 12.4. The van der Waals surface area contributed by atoms with E-state index in [2.05, 4.69) is 6.92 Å². The SMILES string of the molecule is CCCCCCCCCCCCCC(C)S(=O)(=O)Oc1cc(O)ccc1C. The minimum absolute atomic E-state index is 0.00353. The second-order valence-corrected chi connectivity index (χ2v) is 9.62. The van der Waals surface area contributed by atoms with Crippen molar-refractivity contribution >= 4 is 10.1 Å². The van der Waals surface area contributed by atoms with Gasteiger partial charge < -0.3 is 9.29 Å². The topological polar surface area (TPSA) is 63.6 Å². The Labute approximate surface area is 166 Å². The second kappa shape index (κ2) is 13.0. The summed E-state index contributed by atoms with van der Waals surface area (Å²) in [4.78, 5) is 0. The largest absolute Gasteiger partial charge is 0.508 e. The third kappa shape index (κ3) is 10.0. The van der Waals surface area contributed by atoms with Gasteiger partial charge in [-0.05, 0) is 31.9 Å². The molecule has 5 heteroatoms. The van der Waals surface area contributed by atoms with E-state index in [0.717, 1.165) is 12.8 Å². The van der Waals surface area contributed by atoms with Crippen LogP contribution in [-0.2, 0) is 10.1 Å². The van der Waals surface area contributed by atoms with Crippen molar-refractivity contribution in [3.05, 3.63) is 23.8 Å². The Hall–Kier alpha value is -1.23. The third-order valence-electron chi connectivity index (χ3n) is 5.08. The van der Waals surface area contributed by atoms with E-state index in [0.29, 0.717) is 12.0 Å². The molecule has 4 nitrogen and oxygen atoms in total. The number of hydrogen-bond donors (Lipinski definition) is 1. The highest BCUT2D eigenvalue weighted by atomic mass is 32.2. The number of hydrogen-bond acceptors (Lipinski definition) is 4. The van der Waals surface area contributed by atoms with Gasteiger partial charge in [-0.15, -0.1) is 0 Å². The molecule has 1 N–H and O–H groups in total. The van der Waals surface area contributed by atoms with E-state index in [1.807, 2.05) is 0 Å². The number of phenolic OH excluding ortho intramolecular Hbond substituents is 1. The molecule has 0 aliphatic carbocycles. The van der Waals surface area contributed by atoms with Gasteiger partial charge in [0, 0.05) is 6.07 Å². The average molecular weight is 399 g/mol. The van der Waals surface area contributed by atoms with Crippen molar-refractivity contribution in [2.45, 2.75) is 103 Å². The summed E-state index contributed by atoms with van der Waals surface area (Å²) in [6, 6.07) is 4.51. The quantitative estimate of drug-likeness (QED) is 0.270. The Morgan fingerprint density at radius 1 is 0.926 bits per heavy atom. The lowest BCUT2D eigenvalue weighted by atomic mass is 10.0. The normalized spacial score (nSPS) is 12.9. The van der Waals surface area contributed by atoms with Crippen LogP contribution in [0, 0.1) is 6.92 Å². The lowest BCUT2D eigenvalue weighted by Crippen LogP contribution is -2.23. The zero-order chi connectivity index (χ0) is 20.1. The van der Waals surface area contributed by atoms with E-state index in [1.165, 1.54) is 69.9 Å². The minimum Gasteiger partial charge on any atom is -0.508 e. The summed E-state index contributed by atoms with van der Waals surface area (Å²) in [5, 5.41) is 8.97. The highest BCUT2D eigenvalue weighted by Gasteiger charge is 2.23. The Morgan fingerprint density at radius 2 is 1.44 bits per heavy atom. The van der Waals surface area contributed by atoms with Gasteiger partial charge in [-0.1, -0.05) is 83.6 Å². The van der Waals surface area contributed by atoms with Gasteiger partial charge in [0.25, 0.3) is 0 Å². The number of aryl methyl sites for hydroxylation is 1. The van der Waals surface area contributed by atoms with Gasteiger partial charge in [-0.25, -0.2) is 0 Å². The van der Waals surface area contributed by atoms with Crippen molar-refractivity contribution in [2.75, 3.05) is 0 Å². The fraction of sp³-hybridized carbons (Fsp3) is 0.727. The molecular formula is C22H38O4S. The molecule has 0 bridgehead atoms. The van der Waals surface area contributed by atoms with Crippen LogP contribution in [0.15, 0.2) is 18.2 Å². The van der Waals surface area contributed by atoms with E-state index < -0.39 is 15.4 Å². The van der Waals surface area contributed by atoms with Gasteiger partial charge in [0.2, 0.25) is 0 Å². The Bertz CT molecular complexity index is 625. The van der Waals surface area contributed by atoms with Crippen LogP contribution in [0.5, 0.6) is 11.5 Å². The van der Waals surface area contributed by atoms with Crippen LogP contribution in [-0.4, -0.2) is 18.8 Å². The summed E-state index contributed by atoms with van der Waals surface area (Å²) in [6.45, 7) is 5.70. The molecule has 1 atom stereocenters. The van der Waals surface area contributed by atoms with Crippen LogP contribution in [0.25, 0.3) is 0 Å². The molecule has 0 aliphatic heterocycles. The van der Waals surface area contributed by atoms with Crippen molar-refractivity contribution in [3.8, 4) is 11.5 Å². The van der Waals surface area contributed by atoms with Crippen molar-refractivity contribution < 1.29 is 17.7 Å². The van der Waals surface area contributed by atoms with Gasteiger partial charge in [0.05, 0.1) is 5.25 Å². The Morgan fingerprint density at radius 3 is 2.00 bits per heavy atom. The van der Waals surface area contributed by atoms with Crippen LogP contribution >= 0.6 is 0 Å². The predicted molar refractivity (Wildman–Crippen MR) is 113 cm³/mol. The van der Waals surface area contributed by atoms with Gasteiger partial charge in [-0.3, -0.25) is 0 Å². The summed E-state index contributed by atoms with van der Waals surface area (Å²) in [5.74, 6) is 0.213. The zero-order valence-corrected chi connectivity index (χ0v) is 18.2. The molecular weight excluding hydrogens is 360 g/mol. The smallest absolute Gasteiger partial charge is 0.311 e. The molecule has 0 radical (unpaired) electrons. The van der Waals surface area contributed by atoms with E-state index in [9.17, 15) is 13.5 Å². The van der Waals surface area contributed by atoms with Crippen LogP contribution < -0.4 is 4.18 Å². The zero-order valence-electron chi connectivity index (χ0n) is 17.4. The molecule has 1 aromatic carbocycles. The molecule has 156 valence electrons. The first-order chi connectivity index (χ1) is 12.9. The number of rotatable bonds is 15. The molecule has 0 heterocycles. The van der Waals surface area contributed by atoms with E-state index >= 15 is 0 Å². The molecule has 0 amide bonds. The lowest BCUT2D eigenvalue weighted by Gasteiger charge is -2.15. The lowest BCUT2D eigenvalue weighted by molar-refractivity contribution is 0.452. The van der Waals surface area contributed by atoms with Crippen molar-refractivity contribution in [2.24, 2.45) is 0 Å². The number of unbranched alkanes of at least 4 members (excludes halogenated alkanes) is 10. The molecule has 0 saturated heterocycles. The summed E-state index contributed by atoms with van der Waals surface area (Å²) >= 11 is 0.